The predicted octanol–water partition coefficient (Wildman–Crippen LogP) is 3.45. The Hall–Kier alpha value is -1.11. The Balaban J connectivity index is 2.97. The summed E-state index contributed by atoms with van der Waals surface area (Å²) in [5.41, 5.74) is 3.71. The molecule has 0 aromatic carbocycles. The first-order valence-electron chi connectivity index (χ1n) is 4.71. The fourth-order valence-electron chi connectivity index (χ4n) is 1.03. The highest BCUT2D eigenvalue weighted by Gasteiger charge is 1.99. The van der Waals surface area contributed by atoms with Crippen LogP contribution in [0.4, 0.5) is 0 Å². The minimum absolute atomic E-state index is 0.599. The molecule has 0 atom stereocenters. The van der Waals surface area contributed by atoms with Gasteiger partial charge in [-0.3, -0.25) is 4.98 Å². The van der Waals surface area contributed by atoms with Gasteiger partial charge in [-0.15, -0.1) is 0 Å². The smallest absolute Gasteiger partial charge is 0.0658 e. The van der Waals surface area contributed by atoms with Gasteiger partial charge in [0.2, 0.25) is 0 Å². The molecule has 13 heavy (non-hydrogen) atoms. The molecule has 0 radical (unpaired) electrons. The molecule has 1 heteroatoms. The summed E-state index contributed by atoms with van der Waals surface area (Å²) >= 11 is 0. The second-order valence-corrected chi connectivity index (χ2v) is 3.75. The minimum Gasteiger partial charge on any atom is -0.257 e. The number of aromatic nitrogens is 1. The van der Waals surface area contributed by atoms with E-state index in [9.17, 15) is 0 Å². The molecule has 1 aromatic heterocycles. The van der Waals surface area contributed by atoms with Crippen LogP contribution >= 0.6 is 0 Å². The van der Waals surface area contributed by atoms with Crippen molar-refractivity contribution in [2.75, 3.05) is 0 Å². The Bertz CT molecular complexity index is 311. The van der Waals surface area contributed by atoms with Gasteiger partial charge in [0.25, 0.3) is 0 Å². The zero-order chi connectivity index (χ0) is 9.84. The molecule has 0 aliphatic carbocycles. The van der Waals surface area contributed by atoms with Crippen LogP contribution in [0.1, 0.15) is 32.0 Å². The molecule has 0 aliphatic rings. The number of rotatable bonds is 2. The summed E-state index contributed by atoms with van der Waals surface area (Å²) in [4.78, 5) is 4.32. The summed E-state index contributed by atoms with van der Waals surface area (Å²) < 4.78 is 0. The second-order valence-electron chi connectivity index (χ2n) is 3.75. The second kappa shape index (κ2) is 4.22. The molecule has 0 amide bonds. The third kappa shape index (κ3) is 2.69. The van der Waals surface area contributed by atoms with Crippen LogP contribution in [0.5, 0.6) is 0 Å². The first-order chi connectivity index (χ1) is 6.11. The van der Waals surface area contributed by atoms with Gasteiger partial charge in [0.05, 0.1) is 5.69 Å². The van der Waals surface area contributed by atoms with Crippen molar-refractivity contribution in [3.05, 3.63) is 35.2 Å². The zero-order valence-electron chi connectivity index (χ0n) is 8.83. The van der Waals surface area contributed by atoms with Crippen molar-refractivity contribution in [2.24, 2.45) is 5.92 Å². The predicted molar refractivity (Wildman–Crippen MR) is 57.5 cm³/mol. The van der Waals surface area contributed by atoms with Crippen molar-refractivity contribution >= 4 is 6.08 Å². The van der Waals surface area contributed by atoms with Gasteiger partial charge >= 0.3 is 0 Å². The number of hydrogen-bond donors (Lipinski definition) is 0. The van der Waals surface area contributed by atoms with Crippen molar-refractivity contribution in [3.8, 4) is 0 Å². The number of allylic oxidation sites excluding steroid dienone is 1. The molecule has 0 aliphatic heterocycles. The molecular weight excluding hydrogens is 158 g/mol. The van der Waals surface area contributed by atoms with Crippen LogP contribution in [0.25, 0.3) is 6.08 Å². The molecule has 0 bridgehead atoms. The largest absolute Gasteiger partial charge is 0.257 e. The van der Waals surface area contributed by atoms with E-state index in [4.69, 9.17) is 0 Å². The number of nitrogens with zero attached hydrogens (tertiary/aromatic N) is 1. The van der Waals surface area contributed by atoms with E-state index in [2.05, 4.69) is 44.8 Å². The third-order valence-electron chi connectivity index (χ3n) is 2.33. The van der Waals surface area contributed by atoms with Gasteiger partial charge < -0.3 is 0 Å². The number of aryl methyl sites for hydroxylation is 1. The SMILES string of the molecule is C/C(=C\c1ncccc1C)C(C)C. The highest BCUT2D eigenvalue weighted by Crippen LogP contribution is 2.14. The first-order valence-corrected chi connectivity index (χ1v) is 4.71. The molecule has 1 nitrogen and oxygen atoms in total. The Morgan fingerprint density at radius 2 is 2.15 bits per heavy atom. The van der Waals surface area contributed by atoms with Crippen LogP contribution in [0.3, 0.4) is 0 Å². The fourth-order valence-corrected chi connectivity index (χ4v) is 1.03. The Labute approximate surface area is 80.5 Å². The van der Waals surface area contributed by atoms with Crippen LogP contribution < -0.4 is 0 Å². The quantitative estimate of drug-likeness (QED) is 0.671. The molecule has 70 valence electrons. The van der Waals surface area contributed by atoms with Crippen molar-refractivity contribution in [2.45, 2.75) is 27.7 Å². The van der Waals surface area contributed by atoms with Crippen molar-refractivity contribution in [1.82, 2.24) is 4.98 Å². The normalized spacial score (nSPS) is 12.2. The van der Waals surface area contributed by atoms with Gasteiger partial charge in [0, 0.05) is 6.20 Å². The summed E-state index contributed by atoms with van der Waals surface area (Å²) in [6, 6.07) is 4.06. The molecular formula is C12H17N. The lowest BCUT2D eigenvalue weighted by molar-refractivity contribution is 0.775. The van der Waals surface area contributed by atoms with Gasteiger partial charge in [0.15, 0.2) is 0 Å². The van der Waals surface area contributed by atoms with Crippen molar-refractivity contribution < 1.29 is 0 Å². The molecule has 1 aromatic rings. The van der Waals surface area contributed by atoms with Gasteiger partial charge in [-0.25, -0.2) is 0 Å². The van der Waals surface area contributed by atoms with E-state index in [1.54, 1.807) is 0 Å². The molecule has 0 N–H and O–H groups in total. The van der Waals surface area contributed by atoms with Gasteiger partial charge in [0.1, 0.15) is 0 Å². The number of hydrogen-bond acceptors (Lipinski definition) is 1. The lowest BCUT2D eigenvalue weighted by Gasteiger charge is -2.05. The summed E-state index contributed by atoms with van der Waals surface area (Å²) in [7, 11) is 0. The van der Waals surface area contributed by atoms with Gasteiger partial charge in [-0.05, 0) is 37.5 Å². The van der Waals surface area contributed by atoms with Crippen LogP contribution in [0.2, 0.25) is 0 Å². The van der Waals surface area contributed by atoms with E-state index >= 15 is 0 Å². The summed E-state index contributed by atoms with van der Waals surface area (Å²) in [6.45, 7) is 8.64. The highest BCUT2D eigenvalue weighted by atomic mass is 14.7. The average Bonchev–Trinajstić information content (AvgIpc) is 2.08. The lowest BCUT2D eigenvalue weighted by Crippen LogP contribution is -1.91. The van der Waals surface area contributed by atoms with E-state index in [-0.39, 0.29) is 0 Å². The van der Waals surface area contributed by atoms with E-state index in [0.717, 1.165) is 5.69 Å². The van der Waals surface area contributed by atoms with Crippen molar-refractivity contribution in [3.63, 3.8) is 0 Å². The summed E-state index contributed by atoms with van der Waals surface area (Å²) in [5, 5.41) is 0. The topological polar surface area (TPSA) is 12.9 Å². The minimum atomic E-state index is 0.599. The maximum Gasteiger partial charge on any atom is 0.0658 e. The van der Waals surface area contributed by atoms with E-state index in [0.29, 0.717) is 5.92 Å². The highest BCUT2D eigenvalue weighted by molar-refractivity contribution is 5.52. The standard InChI is InChI=1S/C12H17N/c1-9(2)11(4)8-12-10(3)6-5-7-13-12/h5-9H,1-4H3/b11-8+. The van der Waals surface area contributed by atoms with E-state index in [1.165, 1.54) is 11.1 Å². The molecule has 1 heterocycles. The Morgan fingerprint density at radius 3 is 2.69 bits per heavy atom. The molecule has 0 spiro atoms. The maximum absolute atomic E-state index is 4.32. The van der Waals surface area contributed by atoms with E-state index in [1.807, 2.05) is 12.3 Å². The number of pyridine rings is 1. The molecule has 0 saturated heterocycles. The van der Waals surface area contributed by atoms with Gasteiger partial charge in [-0.1, -0.05) is 25.5 Å². The third-order valence-corrected chi connectivity index (χ3v) is 2.33. The van der Waals surface area contributed by atoms with Crippen LogP contribution in [-0.4, -0.2) is 4.98 Å². The van der Waals surface area contributed by atoms with Crippen LogP contribution in [-0.2, 0) is 0 Å². The lowest BCUT2D eigenvalue weighted by atomic mass is 10.0. The molecule has 0 fully saturated rings. The first kappa shape index (κ1) is 9.97. The fraction of sp³-hybridized carbons (Fsp3) is 0.417. The monoisotopic (exact) mass is 175 g/mol. The molecule has 1 rings (SSSR count). The Morgan fingerprint density at radius 1 is 1.46 bits per heavy atom. The molecule has 0 saturated carbocycles. The maximum atomic E-state index is 4.32. The summed E-state index contributed by atoms with van der Waals surface area (Å²) in [5.74, 6) is 0.599. The van der Waals surface area contributed by atoms with Gasteiger partial charge in [-0.2, -0.15) is 0 Å². The van der Waals surface area contributed by atoms with Crippen LogP contribution in [0.15, 0.2) is 23.9 Å². The average molecular weight is 175 g/mol. The molecule has 0 unspecified atom stereocenters. The summed E-state index contributed by atoms with van der Waals surface area (Å²) in [6.07, 6.45) is 4.01. The van der Waals surface area contributed by atoms with Crippen molar-refractivity contribution in [1.29, 1.82) is 0 Å². The zero-order valence-corrected chi connectivity index (χ0v) is 8.83. The Kier molecular flexibility index (Phi) is 3.24. The van der Waals surface area contributed by atoms with Crippen LogP contribution in [0, 0.1) is 12.8 Å². The van der Waals surface area contributed by atoms with E-state index < -0.39 is 0 Å².